The Balaban J connectivity index is 1.66. The van der Waals surface area contributed by atoms with Crippen LogP contribution in [-0.2, 0) is 4.79 Å². The molecule has 144 valence electrons. The number of hydrogen-bond acceptors (Lipinski definition) is 4. The first kappa shape index (κ1) is 19.5. The molecule has 5 heteroatoms. The Morgan fingerprint density at radius 2 is 1.68 bits per heavy atom. The van der Waals surface area contributed by atoms with E-state index in [4.69, 9.17) is 0 Å². The molecule has 0 aromatic carbocycles. The van der Waals surface area contributed by atoms with Crippen molar-refractivity contribution in [2.75, 3.05) is 25.4 Å². The summed E-state index contributed by atoms with van der Waals surface area (Å²) in [7, 11) is 0. The molecule has 1 heterocycles. The van der Waals surface area contributed by atoms with E-state index in [-0.39, 0.29) is 12.0 Å². The van der Waals surface area contributed by atoms with Crippen molar-refractivity contribution in [1.29, 1.82) is 0 Å². The summed E-state index contributed by atoms with van der Waals surface area (Å²) >= 11 is 4.19. The molecule has 0 aromatic heterocycles. The summed E-state index contributed by atoms with van der Waals surface area (Å²) < 4.78 is 0. The normalized spacial score (nSPS) is 32.1. The summed E-state index contributed by atoms with van der Waals surface area (Å²) in [5, 5.41) is 9.91. The zero-order valence-corrected chi connectivity index (χ0v) is 16.5. The fourth-order valence-electron chi connectivity index (χ4n) is 5.21. The third kappa shape index (κ3) is 5.36. The van der Waals surface area contributed by atoms with Crippen LogP contribution < -0.4 is 0 Å². The second-order valence-electron chi connectivity index (χ2n) is 8.46. The quantitative estimate of drug-likeness (QED) is 0.733. The lowest BCUT2D eigenvalue weighted by Crippen LogP contribution is -2.55. The van der Waals surface area contributed by atoms with E-state index in [1.807, 2.05) is 4.90 Å². The molecule has 2 aliphatic carbocycles. The Morgan fingerprint density at radius 1 is 0.960 bits per heavy atom. The number of hydrogen-bond donors (Lipinski definition) is 2. The van der Waals surface area contributed by atoms with Gasteiger partial charge in [-0.05, 0) is 57.3 Å². The minimum absolute atomic E-state index is 0.0959. The van der Waals surface area contributed by atoms with Gasteiger partial charge in [-0.25, -0.2) is 0 Å². The highest BCUT2D eigenvalue weighted by Gasteiger charge is 2.34. The molecule has 0 radical (unpaired) electrons. The first-order chi connectivity index (χ1) is 12.2. The Bertz CT molecular complexity index is 420. The zero-order valence-electron chi connectivity index (χ0n) is 15.6. The van der Waals surface area contributed by atoms with Crippen molar-refractivity contribution in [2.45, 2.75) is 88.8 Å². The van der Waals surface area contributed by atoms with Crippen LogP contribution in [0.15, 0.2) is 0 Å². The molecule has 0 aromatic rings. The molecule has 3 fully saturated rings. The second-order valence-corrected chi connectivity index (χ2v) is 8.77. The SMILES string of the molecule is O=C(CS)N1CCC[C@@H](N(CC2CCCCC2)C2CCC(O)CC2)C1. The van der Waals surface area contributed by atoms with Crippen LogP contribution in [0.3, 0.4) is 0 Å². The van der Waals surface area contributed by atoms with Gasteiger partial charge in [-0.1, -0.05) is 19.3 Å². The second kappa shape index (κ2) is 9.61. The van der Waals surface area contributed by atoms with E-state index in [2.05, 4.69) is 17.5 Å². The van der Waals surface area contributed by atoms with Crippen molar-refractivity contribution in [3.63, 3.8) is 0 Å². The Labute approximate surface area is 158 Å². The standard InChI is InChI=1S/C20H36N2O2S/c23-19-10-8-17(9-11-19)22(13-16-5-2-1-3-6-16)18-7-4-12-21(14-18)20(24)15-25/h16-19,23,25H,1-15H2/t17?,18-,19?/m1/s1. The topological polar surface area (TPSA) is 43.8 Å². The van der Waals surface area contributed by atoms with E-state index >= 15 is 0 Å². The third-order valence-corrected chi connectivity index (χ3v) is 6.95. The number of rotatable bonds is 5. The molecule has 4 nitrogen and oxygen atoms in total. The number of likely N-dealkylation sites (tertiary alicyclic amines) is 1. The average molecular weight is 369 g/mol. The minimum atomic E-state index is -0.0959. The number of thiol groups is 1. The molecule has 1 saturated heterocycles. The van der Waals surface area contributed by atoms with Gasteiger partial charge in [0.25, 0.3) is 0 Å². The van der Waals surface area contributed by atoms with Gasteiger partial charge in [0.15, 0.2) is 0 Å². The van der Waals surface area contributed by atoms with Crippen LogP contribution in [0.25, 0.3) is 0 Å². The monoisotopic (exact) mass is 368 g/mol. The van der Waals surface area contributed by atoms with Crippen LogP contribution in [0.5, 0.6) is 0 Å². The van der Waals surface area contributed by atoms with Gasteiger partial charge in [-0.15, -0.1) is 0 Å². The molecule has 2 saturated carbocycles. The van der Waals surface area contributed by atoms with Gasteiger partial charge in [-0.2, -0.15) is 12.6 Å². The lowest BCUT2D eigenvalue weighted by molar-refractivity contribution is -0.131. The van der Waals surface area contributed by atoms with Crippen LogP contribution in [-0.4, -0.2) is 64.4 Å². The summed E-state index contributed by atoms with van der Waals surface area (Å²) in [6.45, 7) is 2.98. The van der Waals surface area contributed by atoms with Gasteiger partial charge in [0.05, 0.1) is 11.9 Å². The molecule has 1 aliphatic heterocycles. The van der Waals surface area contributed by atoms with Gasteiger partial charge in [0.1, 0.15) is 0 Å². The smallest absolute Gasteiger partial charge is 0.232 e. The number of nitrogens with zero attached hydrogens (tertiary/aromatic N) is 2. The highest BCUT2D eigenvalue weighted by atomic mass is 32.1. The van der Waals surface area contributed by atoms with Gasteiger partial charge < -0.3 is 10.0 Å². The molecular formula is C20H36N2O2S. The largest absolute Gasteiger partial charge is 0.393 e. The molecule has 0 bridgehead atoms. The average Bonchev–Trinajstić information content (AvgIpc) is 2.67. The lowest BCUT2D eigenvalue weighted by Gasteiger charge is -2.46. The number of carbonyl (C=O) groups is 1. The first-order valence-corrected chi connectivity index (χ1v) is 11.1. The Kier molecular flexibility index (Phi) is 7.50. The van der Waals surface area contributed by atoms with E-state index < -0.39 is 0 Å². The molecule has 1 amide bonds. The van der Waals surface area contributed by atoms with Crippen LogP contribution in [0.1, 0.15) is 70.6 Å². The summed E-state index contributed by atoms with van der Waals surface area (Å²) in [5.74, 6) is 1.34. The molecular weight excluding hydrogens is 332 g/mol. The van der Waals surface area contributed by atoms with Gasteiger partial charge in [0.2, 0.25) is 5.91 Å². The number of amides is 1. The molecule has 3 rings (SSSR count). The predicted molar refractivity (Wildman–Crippen MR) is 105 cm³/mol. The minimum Gasteiger partial charge on any atom is -0.393 e. The van der Waals surface area contributed by atoms with E-state index in [1.165, 1.54) is 45.1 Å². The highest BCUT2D eigenvalue weighted by molar-refractivity contribution is 7.81. The fraction of sp³-hybridized carbons (Fsp3) is 0.950. The zero-order chi connectivity index (χ0) is 17.6. The van der Waals surface area contributed by atoms with Crippen molar-refractivity contribution in [1.82, 2.24) is 9.80 Å². The lowest BCUT2D eigenvalue weighted by atomic mass is 9.85. The molecule has 25 heavy (non-hydrogen) atoms. The number of piperidine rings is 1. The van der Waals surface area contributed by atoms with Crippen molar-refractivity contribution in [2.24, 2.45) is 5.92 Å². The molecule has 0 unspecified atom stereocenters. The summed E-state index contributed by atoms with van der Waals surface area (Å²) in [6.07, 6.45) is 13.3. The van der Waals surface area contributed by atoms with Gasteiger partial charge in [-0.3, -0.25) is 9.69 Å². The van der Waals surface area contributed by atoms with Crippen LogP contribution >= 0.6 is 12.6 Å². The molecule has 1 N–H and O–H groups in total. The molecule has 1 atom stereocenters. The van der Waals surface area contributed by atoms with E-state index in [9.17, 15) is 9.90 Å². The van der Waals surface area contributed by atoms with Crippen LogP contribution in [0.2, 0.25) is 0 Å². The maximum atomic E-state index is 12.1. The first-order valence-electron chi connectivity index (χ1n) is 10.5. The third-order valence-electron chi connectivity index (χ3n) is 6.68. The Hall–Kier alpha value is -0.260. The fourth-order valence-corrected chi connectivity index (χ4v) is 5.41. The number of carbonyl (C=O) groups excluding carboxylic acids is 1. The predicted octanol–water partition coefficient (Wildman–Crippen LogP) is 3.09. The summed E-state index contributed by atoms with van der Waals surface area (Å²) in [4.78, 5) is 16.9. The van der Waals surface area contributed by atoms with Gasteiger partial charge >= 0.3 is 0 Å². The maximum absolute atomic E-state index is 12.1. The van der Waals surface area contributed by atoms with Crippen molar-refractivity contribution < 1.29 is 9.90 Å². The van der Waals surface area contributed by atoms with E-state index in [0.717, 1.165) is 51.1 Å². The highest BCUT2D eigenvalue weighted by Crippen LogP contribution is 2.32. The van der Waals surface area contributed by atoms with Crippen molar-refractivity contribution in [3.8, 4) is 0 Å². The maximum Gasteiger partial charge on any atom is 0.232 e. The number of aliphatic hydroxyl groups excluding tert-OH is 1. The van der Waals surface area contributed by atoms with E-state index in [0.29, 0.717) is 17.8 Å². The van der Waals surface area contributed by atoms with Crippen LogP contribution in [0, 0.1) is 5.92 Å². The summed E-state index contributed by atoms with van der Waals surface area (Å²) in [6, 6.07) is 1.10. The number of aliphatic hydroxyl groups is 1. The van der Waals surface area contributed by atoms with Gasteiger partial charge in [0, 0.05) is 31.7 Å². The summed E-state index contributed by atoms with van der Waals surface area (Å²) in [5.41, 5.74) is 0. The van der Waals surface area contributed by atoms with Crippen LogP contribution in [0.4, 0.5) is 0 Å². The molecule has 3 aliphatic rings. The molecule has 0 spiro atoms. The van der Waals surface area contributed by atoms with E-state index in [1.54, 1.807) is 0 Å². The van der Waals surface area contributed by atoms with Crippen molar-refractivity contribution in [3.05, 3.63) is 0 Å². The Morgan fingerprint density at radius 3 is 2.36 bits per heavy atom. The van der Waals surface area contributed by atoms with Crippen molar-refractivity contribution >= 4 is 18.5 Å².